The van der Waals surface area contributed by atoms with E-state index in [-0.39, 0.29) is 131 Å². The Morgan fingerprint density at radius 3 is 0.873 bits per heavy atom. The highest BCUT2D eigenvalue weighted by atomic mass is 16.5. The number of carboxylic acid groups (broad SMARTS) is 5. The van der Waals surface area contributed by atoms with Crippen LogP contribution < -0.4 is 0 Å². The quantitative estimate of drug-likeness (QED) is 0.0307. The minimum atomic E-state index is -1.11. The van der Waals surface area contributed by atoms with Gasteiger partial charge in [0.2, 0.25) is 0 Å². The molecule has 0 aliphatic carbocycles. The van der Waals surface area contributed by atoms with Crippen LogP contribution in [0.15, 0.2) is 0 Å². The molecule has 0 amide bonds. The van der Waals surface area contributed by atoms with E-state index >= 15 is 0 Å². The van der Waals surface area contributed by atoms with Crippen LogP contribution in [0.25, 0.3) is 0 Å². The third-order valence-corrected chi connectivity index (χ3v) is 12.4. The van der Waals surface area contributed by atoms with Crippen LogP contribution in [-0.4, -0.2) is 371 Å². The van der Waals surface area contributed by atoms with Crippen LogP contribution in [0.3, 0.4) is 0 Å². The number of rotatable bonds is 31. The van der Waals surface area contributed by atoms with Crippen molar-refractivity contribution in [3.8, 4) is 0 Å². The predicted octanol–water partition coefficient (Wildman–Crippen LogP) is -6.75. The maximum atomic E-state index is 11.9. The summed E-state index contributed by atoms with van der Waals surface area (Å²) in [7, 11) is 0. The number of nitrogens with zero attached hydrogens (tertiary/aromatic N) is 9. The van der Waals surface area contributed by atoms with Crippen molar-refractivity contribution < 1.29 is 89.6 Å². The first-order chi connectivity index (χ1) is 33.8. The molecule has 2 saturated heterocycles. The van der Waals surface area contributed by atoms with Crippen LogP contribution in [0.2, 0.25) is 0 Å². The van der Waals surface area contributed by atoms with Gasteiger partial charge in [-0.25, -0.2) is 0 Å². The van der Waals surface area contributed by atoms with Gasteiger partial charge in [-0.2, -0.15) is 0 Å². The molecule has 0 aromatic carbocycles. The Morgan fingerprint density at radius 2 is 0.648 bits per heavy atom. The number of carbonyl (C=O) groups is 5. The molecule has 414 valence electrons. The van der Waals surface area contributed by atoms with Crippen LogP contribution >= 0.6 is 0 Å². The van der Waals surface area contributed by atoms with E-state index in [1.165, 1.54) is 0 Å². The SMILES string of the molecule is CCN1CCN(CC(=O)O)CCN(CC(=O)O)CCN(CC(O)CN(CC(O)CN2CCN(CC(=O)O)CCN(CC(=O)O)CCN(CC(=O)O)CC2)CC(COC(CO)CO)COC(CO)CO)CC1. The van der Waals surface area contributed by atoms with Crippen molar-refractivity contribution in [1.29, 1.82) is 0 Å². The van der Waals surface area contributed by atoms with E-state index in [0.717, 1.165) is 0 Å². The molecule has 27 heteroatoms. The lowest BCUT2D eigenvalue weighted by Crippen LogP contribution is -2.52. The highest BCUT2D eigenvalue weighted by Gasteiger charge is 2.27. The number of aliphatic hydroxyl groups excluding tert-OH is 6. The first kappa shape index (κ1) is 63.8. The molecular formula is C44H85N9O18. The van der Waals surface area contributed by atoms with Gasteiger partial charge in [-0.1, -0.05) is 6.92 Å². The fraction of sp³-hybridized carbons (Fsp3) is 0.886. The van der Waals surface area contributed by atoms with E-state index in [1.807, 2.05) is 16.7 Å². The number of hydrogen-bond acceptors (Lipinski definition) is 22. The fourth-order valence-corrected chi connectivity index (χ4v) is 8.51. The number of ether oxygens (including phenoxy) is 2. The molecule has 0 aromatic heterocycles. The van der Waals surface area contributed by atoms with Crippen molar-refractivity contribution in [2.75, 3.05) is 216 Å². The van der Waals surface area contributed by atoms with E-state index in [9.17, 15) is 80.1 Å². The molecule has 2 aliphatic heterocycles. The Morgan fingerprint density at radius 1 is 0.408 bits per heavy atom. The summed E-state index contributed by atoms with van der Waals surface area (Å²) < 4.78 is 11.6. The Kier molecular flexibility index (Phi) is 32.9. The third-order valence-electron chi connectivity index (χ3n) is 12.4. The van der Waals surface area contributed by atoms with Gasteiger partial charge in [0.05, 0.1) is 84.6 Å². The van der Waals surface area contributed by atoms with E-state index < -0.39 is 86.6 Å². The van der Waals surface area contributed by atoms with E-state index in [4.69, 9.17) is 9.47 Å². The number of aliphatic hydroxyl groups is 6. The molecule has 2 heterocycles. The number of carboxylic acids is 5. The van der Waals surface area contributed by atoms with Gasteiger partial charge in [0, 0.05) is 143 Å². The summed E-state index contributed by atoms with van der Waals surface area (Å²) in [5.41, 5.74) is 0. The second kappa shape index (κ2) is 36.6. The molecular weight excluding hydrogens is 943 g/mol. The molecule has 2 fully saturated rings. The molecule has 0 radical (unpaired) electrons. The highest BCUT2D eigenvalue weighted by molar-refractivity contribution is 5.70. The average Bonchev–Trinajstić information content (AvgIpc) is 3.29. The van der Waals surface area contributed by atoms with E-state index in [2.05, 4.69) is 4.90 Å². The van der Waals surface area contributed by atoms with Gasteiger partial charge in [0.15, 0.2) is 0 Å². The van der Waals surface area contributed by atoms with Crippen molar-refractivity contribution in [3.05, 3.63) is 0 Å². The molecule has 2 rings (SSSR count). The number of likely N-dealkylation sites (N-methyl/N-ethyl adjacent to an activating group) is 1. The summed E-state index contributed by atoms with van der Waals surface area (Å²) in [5.74, 6) is -5.81. The Labute approximate surface area is 416 Å². The van der Waals surface area contributed by atoms with Crippen LogP contribution in [0.4, 0.5) is 0 Å². The molecule has 2 atom stereocenters. The molecule has 0 aromatic rings. The Bertz CT molecular complexity index is 1460. The van der Waals surface area contributed by atoms with E-state index in [1.54, 1.807) is 29.4 Å². The second-order valence-corrected chi connectivity index (χ2v) is 18.4. The second-order valence-electron chi connectivity index (χ2n) is 18.4. The molecule has 0 bridgehead atoms. The Balaban J connectivity index is 2.45. The standard InChI is InChI=1S/C44H85N9O18/c1-2-45-3-5-46(7-10-49(25-41(62)63)14-13-48(6-4-45)24-40(60)61)20-36(58)22-53(19-35(33-70-38(29-54)30-55)34-71-39(31-56)32-57)23-37(59)21-47-8-11-50(26-42(64)65)15-17-52(28-44(68)69)18-16-51(12-9-47)27-43(66)67/h35-39,54-59H,2-34H2,1H3,(H,60,61)(H,62,63)(H,64,65)(H,66,67)(H,68,69). The van der Waals surface area contributed by atoms with Gasteiger partial charge in [-0.3, -0.25) is 63.2 Å². The van der Waals surface area contributed by atoms with Gasteiger partial charge in [0.25, 0.3) is 0 Å². The predicted molar refractivity (Wildman–Crippen MR) is 255 cm³/mol. The van der Waals surface area contributed by atoms with Crippen molar-refractivity contribution in [2.45, 2.75) is 31.3 Å². The minimum absolute atomic E-state index is 0.0109. The Hall–Kier alpha value is -3.33. The number of aliphatic carboxylic acids is 5. The average molecular weight is 1030 g/mol. The monoisotopic (exact) mass is 1030 g/mol. The molecule has 2 aliphatic rings. The summed E-state index contributed by atoms with van der Waals surface area (Å²) in [6, 6.07) is 0. The third kappa shape index (κ3) is 29.8. The summed E-state index contributed by atoms with van der Waals surface area (Å²) in [4.78, 5) is 75.2. The van der Waals surface area contributed by atoms with Crippen molar-refractivity contribution in [3.63, 3.8) is 0 Å². The molecule has 0 saturated carbocycles. The molecule has 71 heavy (non-hydrogen) atoms. The first-order valence-electron chi connectivity index (χ1n) is 24.5. The lowest BCUT2D eigenvalue weighted by atomic mass is 10.1. The normalized spacial score (nSPS) is 19.6. The van der Waals surface area contributed by atoms with Gasteiger partial charge >= 0.3 is 29.8 Å². The van der Waals surface area contributed by atoms with Gasteiger partial charge in [-0.05, 0) is 6.54 Å². The lowest BCUT2D eigenvalue weighted by Gasteiger charge is -2.36. The molecule has 11 N–H and O–H groups in total. The van der Waals surface area contributed by atoms with Crippen LogP contribution in [-0.2, 0) is 33.4 Å². The molecule has 27 nitrogen and oxygen atoms in total. The summed E-state index contributed by atoms with van der Waals surface area (Å²) in [5, 5.41) is 111. The largest absolute Gasteiger partial charge is 0.480 e. The molecule has 2 unspecified atom stereocenters. The lowest BCUT2D eigenvalue weighted by molar-refractivity contribution is -0.140. The number of hydrogen-bond donors (Lipinski definition) is 11. The van der Waals surface area contributed by atoms with Crippen molar-refractivity contribution >= 4 is 29.8 Å². The summed E-state index contributed by atoms with van der Waals surface area (Å²) >= 11 is 0. The van der Waals surface area contributed by atoms with Gasteiger partial charge < -0.3 is 70.5 Å². The zero-order valence-corrected chi connectivity index (χ0v) is 41.5. The maximum Gasteiger partial charge on any atom is 0.317 e. The van der Waals surface area contributed by atoms with E-state index in [0.29, 0.717) is 58.9 Å². The highest BCUT2D eigenvalue weighted by Crippen LogP contribution is 2.12. The summed E-state index contributed by atoms with van der Waals surface area (Å²) in [6.45, 7) is 4.60. The zero-order valence-electron chi connectivity index (χ0n) is 41.5. The number of β-amino-alcohol motifs (C(OH)–C–C–N with tert-alkyl or cyclic N) is 2. The van der Waals surface area contributed by atoms with Crippen molar-refractivity contribution in [2.24, 2.45) is 5.92 Å². The van der Waals surface area contributed by atoms with Crippen molar-refractivity contribution in [1.82, 2.24) is 44.1 Å². The maximum absolute atomic E-state index is 11.9. The van der Waals surface area contributed by atoms with Crippen LogP contribution in [0.1, 0.15) is 6.92 Å². The smallest absolute Gasteiger partial charge is 0.317 e. The fourth-order valence-electron chi connectivity index (χ4n) is 8.51. The molecule has 0 spiro atoms. The topological polar surface area (TPSA) is 356 Å². The zero-order chi connectivity index (χ0) is 52.7. The van der Waals surface area contributed by atoms with Crippen LogP contribution in [0.5, 0.6) is 0 Å². The van der Waals surface area contributed by atoms with Gasteiger partial charge in [-0.15, -0.1) is 0 Å². The summed E-state index contributed by atoms with van der Waals surface area (Å²) in [6.07, 6.45) is -4.02. The van der Waals surface area contributed by atoms with Gasteiger partial charge in [0.1, 0.15) is 12.2 Å². The minimum Gasteiger partial charge on any atom is -0.480 e. The van der Waals surface area contributed by atoms with Crippen LogP contribution in [0, 0.1) is 5.92 Å². The first-order valence-corrected chi connectivity index (χ1v) is 24.5.